The molecule has 3 rings (SSSR count). The molecule has 0 unspecified atom stereocenters. The molecule has 0 bridgehead atoms. The van der Waals surface area contributed by atoms with Crippen LogP contribution in [0.3, 0.4) is 0 Å². The van der Waals surface area contributed by atoms with Crippen LogP contribution in [0.1, 0.15) is 5.56 Å². The third kappa shape index (κ3) is 3.45. The number of amidine groups is 1. The summed E-state index contributed by atoms with van der Waals surface area (Å²) in [5, 5.41) is 2.69. The summed E-state index contributed by atoms with van der Waals surface area (Å²) in [6.07, 6.45) is 1.48. The number of aromatic nitrogens is 1. The molecular weight excluding hydrogens is 344 g/mol. The van der Waals surface area contributed by atoms with Gasteiger partial charge in [0, 0.05) is 18.7 Å². The monoisotopic (exact) mass is 360 g/mol. The molecule has 1 aromatic carbocycles. The zero-order valence-corrected chi connectivity index (χ0v) is 14.4. The molecule has 1 aliphatic rings. The SMILES string of the molecule is COc1ccc(NC(=O)CN(C)C2=NS(=O)(=O)c3ccccc32)cn1. The van der Waals surface area contributed by atoms with Crippen molar-refractivity contribution in [1.82, 2.24) is 9.88 Å². The van der Waals surface area contributed by atoms with Crippen molar-refractivity contribution in [2.24, 2.45) is 4.40 Å². The molecule has 0 spiro atoms. The van der Waals surface area contributed by atoms with Crippen LogP contribution >= 0.6 is 0 Å². The van der Waals surface area contributed by atoms with E-state index in [0.717, 1.165) is 0 Å². The number of methoxy groups -OCH3 is 1. The highest BCUT2D eigenvalue weighted by Crippen LogP contribution is 2.26. The van der Waals surface area contributed by atoms with Crippen LogP contribution in [0.4, 0.5) is 5.69 Å². The van der Waals surface area contributed by atoms with Crippen molar-refractivity contribution < 1.29 is 17.9 Å². The Morgan fingerprint density at radius 3 is 2.68 bits per heavy atom. The van der Waals surface area contributed by atoms with E-state index in [1.165, 1.54) is 24.3 Å². The fourth-order valence-electron chi connectivity index (χ4n) is 2.43. The van der Waals surface area contributed by atoms with Crippen LogP contribution in [0.15, 0.2) is 51.9 Å². The molecule has 9 heteroatoms. The van der Waals surface area contributed by atoms with Crippen molar-refractivity contribution >= 4 is 27.5 Å². The molecule has 1 aromatic heterocycles. The van der Waals surface area contributed by atoms with Gasteiger partial charge in [-0.2, -0.15) is 8.42 Å². The van der Waals surface area contributed by atoms with Gasteiger partial charge in [0.25, 0.3) is 10.0 Å². The van der Waals surface area contributed by atoms with Crippen molar-refractivity contribution in [2.75, 3.05) is 26.0 Å². The largest absolute Gasteiger partial charge is 0.481 e. The average Bonchev–Trinajstić information content (AvgIpc) is 2.87. The number of benzene rings is 1. The van der Waals surface area contributed by atoms with Crippen LogP contribution in [0.2, 0.25) is 0 Å². The number of hydrogen-bond donors (Lipinski definition) is 1. The number of carbonyl (C=O) groups is 1. The van der Waals surface area contributed by atoms with Gasteiger partial charge in [0.2, 0.25) is 11.8 Å². The predicted octanol–water partition coefficient (Wildman–Crippen LogP) is 1.11. The predicted molar refractivity (Wildman–Crippen MR) is 92.2 cm³/mol. The molecule has 2 heterocycles. The maximum absolute atomic E-state index is 12.2. The number of rotatable bonds is 4. The maximum atomic E-state index is 12.2. The first-order valence-corrected chi connectivity index (χ1v) is 8.80. The number of sulfonamides is 1. The number of nitrogens with zero attached hydrogens (tertiary/aromatic N) is 3. The summed E-state index contributed by atoms with van der Waals surface area (Å²) in [5.41, 5.74) is 1.00. The summed E-state index contributed by atoms with van der Waals surface area (Å²) in [6.45, 7) is -0.0608. The third-order valence-corrected chi connectivity index (χ3v) is 4.91. The van der Waals surface area contributed by atoms with Gasteiger partial charge >= 0.3 is 0 Å². The van der Waals surface area contributed by atoms with Crippen LogP contribution < -0.4 is 10.1 Å². The van der Waals surface area contributed by atoms with Gasteiger partial charge in [0.1, 0.15) is 4.90 Å². The topological polar surface area (TPSA) is 101 Å². The molecule has 1 amide bonds. The Morgan fingerprint density at radius 2 is 2.00 bits per heavy atom. The van der Waals surface area contributed by atoms with Gasteiger partial charge in [-0.3, -0.25) is 4.79 Å². The highest BCUT2D eigenvalue weighted by atomic mass is 32.2. The van der Waals surface area contributed by atoms with Crippen molar-refractivity contribution in [3.8, 4) is 5.88 Å². The van der Waals surface area contributed by atoms with Crippen LogP contribution in [-0.4, -0.2) is 50.7 Å². The normalized spacial score (nSPS) is 14.4. The lowest BCUT2D eigenvalue weighted by Gasteiger charge is -2.18. The van der Waals surface area contributed by atoms with Crippen molar-refractivity contribution in [2.45, 2.75) is 4.90 Å². The summed E-state index contributed by atoms with van der Waals surface area (Å²) in [7, 11) is -0.594. The minimum Gasteiger partial charge on any atom is -0.481 e. The van der Waals surface area contributed by atoms with Gasteiger partial charge in [-0.1, -0.05) is 12.1 Å². The van der Waals surface area contributed by atoms with E-state index in [1.54, 1.807) is 37.4 Å². The molecular formula is C16H16N4O4S. The Bertz CT molecular complexity index is 939. The molecule has 0 fully saturated rings. The summed E-state index contributed by atoms with van der Waals surface area (Å²) in [4.78, 5) is 17.8. The van der Waals surface area contributed by atoms with Gasteiger partial charge in [0.15, 0.2) is 5.84 Å². The zero-order chi connectivity index (χ0) is 18.0. The third-order valence-electron chi connectivity index (χ3n) is 3.58. The first kappa shape index (κ1) is 16.9. The molecule has 8 nitrogen and oxygen atoms in total. The Balaban J connectivity index is 1.72. The van der Waals surface area contributed by atoms with Gasteiger partial charge in [-0.25, -0.2) is 4.98 Å². The lowest BCUT2D eigenvalue weighted by molar-refractivity contribution is -0.116. The second-order valence-electron chi connectivity index (χ2n) is 5.38. The van der Waals surface area contributed by atoms with E-state index in [4.69, 9.17) is 4.74 Å². The second kappa shape index (κ2) is 6.52. The minimum atomic E-state index is -3.71. The average molecular weight is 360 g/mol. The van der Waals surface area contributed by atoms with Crippen molar-refractivity contribution in [1.29, 1.82) is 0 Å². The minimum absolute atomic E-state index is 0.0608. The Kier molecular flexibility index (Phi) is 4.41. The first-order valence-electron chi connectivity index (χ1n) is 7.36. The van der Waals surface area contributed by atoms with Gasteiger partial charge in [0.05, 0.1) is 25.5 Å². The van der Waals surface area contributed by atoms with Crippen LogP contribution in [0.25, 0.3) is 0 Å². The highest BCUT2D eigenvalue weighted by Gasteiger charge is 2.30. The standard InChI is InChI=1S/C16H16N4O4S/c1-20(10-14(21)18-11-7-8-15(24-2)17-9-11)16-12-5-3-4-6-13(12)25(22,23)19-16/h3-9H,10H2,1-2H3,(H,18,21). The van der Waals surface area contributed by atoms with E-state index in [-0.39, 0.29) is 23.2 Å². The van der Waals surface area contributed by atoms with Gasteiger partial charge in [-0.15, -0.1) is 4.40 Å². The maximum Gasteiger partial charge on any atom is 0.285 e. The van der Waals surface area contributed by atoms with Gasteiger partial charge in [-0.05, 0) is 18.2 Å². The van der Waals surface area contributed by atoms with Crippen molar-refractivity contribution in [3.63, 3.8) is 0 Å². The molecule has 0 aliphatic carbocycles. The number of nitrogens with one attached hydrogen (secondary N) is 1. The zero-order valence-electron chi connectivity index (χ0n) is 13.6. The number of carbonyl (C=O) groups excluding carboxylic acids is 1. The highest BCUT2D eigenvalue weighted by molar-refractivity contribution is 7.90. The summed E-state index contributed by atoms with van der Waals surface area (Å²) >= 11 is 0. The number of likely N-dealkylation sites (N-methyl/N-ethyl adjacent to an activating group) is 1. The van der Waals surface area contributed by atoms with Crippen molar-refractivity contribution in [3.05, 3.63) is 48.2 Å². The van der Waals surface area contributed by atoms with E-state index in [1.807, 2.05) is 0 Å². The van der Waals surface area contributed by atoms with E-state index in [0.29, 0.717) is 17.1 Å². The summed E-state index contributed by atoms with van der Waals surface area (Å²) in [5.74, 6) is 0.370. The lowest BCUT2D eigenvalue weighted by atomic mass is 10.2. The molecule has 25 heavy (non-hydrogen) atoms. The van der Waals surface area contributed by atoms with Crippen LogP contribution in [-0.2, 0) is 14.8 Å². The number of hydrogen-bond acceptors (Lipinski definition) is 6. The molecule has 0 saturated heterocycles. The molecule has 0 atom stereocenters. The number of ether oxygens (including phenoxy) is 1. The molecule has 0 radical (unpaired) electrons. The fraction of sp³-hybridized carbons (Fsp3) is 0.188. The number of pyridine rings is 1. The Hall–Kier alpha value is -2.94. The van der Waals surface area contributed by atoms with Crippen LogP contribution in [0.5, 0.6) is 5.88 Å². The molecule has 1 aliphatic heterocycles. The molecule has 2 aromatic rings. The first-order chi connectivity index (χ1) is 11.9. The molecule has 130 valence electrons. The lowest BCUT2D eigenvalue weighted by Crippen LogP contribution is -2.34. The summed E-state index contributed by atoms with van der Waals surface area (Å²) < 4.78 is 32.9. The second-order valence-corrected chi connectivity index (χ2v) is 6.95. The van der Waals surface area contributed by atoms with Gasteiger partial charge < -0.3 is 15.0 Å². The van der Waals surface area contributed by atoms with E-state index >= 15 is 0 Å². The summed E-state index contributed by atoms with van der Waals surface area (Å²) in [6, 6.07) is 9.82. The Morgan fingerprint density at radius 1 is 1.24 bits per heavy atom. The smallest absolute Gasteiger partial charge is 0.285 e. The van der Waals surface area contributed by atoms with E-state index < -0.39 is 10.0 Å². The molecule has 0 saturated carbocycles. The molecule has 1 N–H and O–H groups in total. The quantitative estimate of drug-likeness (QED) is 0.876. The Labute approximate surface area is 145 Å². The van der Waals surface area contributed by atoms with E-state index in [9.17, 15) is 13.2 Å². The van der Waals surface area contributed by atoms with E-state index in [2.05, 4.69) is 14.7 Å². The number of anilines is 1. The number of fused-ring (bicyclic) bond motifs is 1. The van der Waals surface area contributed by atoms with Crippen LogP contribution in [0, 0.1) is 0 Å². The number of amides is 1. The fourth-order valence-corrected chi connectivity index (χ4v) is 3.68.